The van der Waals surface area contributed by atoms with Crippen molar-refractivity contribution in [3.05, 3.63) is 0 Å². The van der Waals surface area contributed by atoms with Gasteiger partial charge in [-0.05, 0) is 46.7 Å². The maximum atomic E-state index is 4.30. The zero-order valence-corrected chi connectivity index (χ0v) is 16.9. The van der Waals surface area contributed by atoms with Crippen molar-refractivity contribution in [3.63, 3.8) is 0 Å². The zero-order valence-electron chi connectivity index (χ0n) is 14.5. The van der Waals surface area contributed by atoms with Crippen LogP contribution in [-0.4, -0.2) is 50.6 Å². The van der Waals surface area contributed by atoms with Gasteiger partial charge in [-0.25, -0.2) is 0 Å². The number of likely N-dealkylation sites (N-methyl/N-ethyl adjacent to an activating group) is 1. The van der Waals surface area contributed by atoms with Gasteiger partial charge < -0.3 is 15.5 Å². The van der Waals surface area contributed by atoms with E-state index in [0.29, 0.717) is 0 Å². The van der Waals surface area contributed by atoms with Crippen molar-refractivity contribution in [1.29, 1.82) is 0 Å². The summed E-state index contributed by atoms with van der Waals surface area (Å²) in [5.74, 6) is 1.91. The predicted octanol–water partition coefficient (Wildman–Crippen LogP) is 3.08. The number of nitrogens with one attached hydrogen (secondary N) is 2. The van der Waals surface area contributed by atoms with E-state index in [-0.39, 0.29) is 29.5 Å². The average Bonchev–Trinajstić information content (AvgIpc) is 2.90. The third kappa shape index (κ3) is 8.24. The monoisotopic (exact) mass is 410 g/mol. The van der Waals surface area contributed by atoms with E-state index in [9.17, 15) is 0 Å². The Morgan fingerprint density at radius 2 is 1.81 bits per heavy atom. The SMILES string of the molecule is CN=C(NCCCC1CCCC1)NCC(C)(C)N(C)C.I. The average molecular weight is 410 g/mol. The fourth-order valence-electron chi connectivity index (χ4n) is 2.58. The van der Waals surface area contributed by atoms with Gasteiger partial charge >= 0.3 is 0 Å². The first kappa shape index (κ1) is 21.0. The van der Waals surface area contributed by atoms with E-state index in [4.69, 9.17) is 0 Å². The Bertz CT molecular complexity index is 297. The van der Waals surface area contributed by atoms with Gasteiger partial charge in [-0.3, -0.25) is 4.99 Å². The Morgan fingerprint density at radius 1 is 1.19 bits per heavy atom. The topological polar surface area (TPSA) is 39.7 Å². The molecule has 0 aromatic heterocycles. The van der Waals surface area contributed by atoms with Crippen LogP contribution < -0.4 is 10.6 Å². The molecule has 0 unspecified atom stereocenters. The Balaban J connectivity index is 0.00000400. The minimum atomic E-state index is 0. The second-order valence-electron chi connectivity index (χ2n) is 6.85. The van der Waals surface area contributed by atoms with Crippen molar-refractivity contribution >= 4 is 29.9 Å². The molecule has 5 heteroatoms. The normalized spacial score (nSPS) is 17.0. The van der Waals surface area contributed by atoms with E-state index >= 15 is 0 Å². The fourth-order valence-corrected chi connectivity index (χ4v) is 2.58. The molecule has 1 aliphatic rings. The summed E-state index contributed by atoms with van der Waals surface area (Å²) in [7, 11) is 6.06. The van der Waals surface area contributed by atoms with Crippen LogP contribution in [0.2, 0.25) is 0 Å². The molecule has 0 aliphatic heterocycles. The number of hydrogen-bond donors (Lipinski definition) is 2. The summed E-state index contributed by atoms with van der Waals surface area (Å²) in [4.78, 5) is 6.53. The molecule has 1 saturated carbocycles. The van der Waals surface area contributed by atoms with E-state index in [1.54, 1.807) is 0 Å². The quantitative estimate of drug-likeness (QED) is 0.293. The number of nitrogens with zero attached hydrogens (tertiary/aromatic N) is 2. The number of rotatable bonds is 7. The van der Waals surface area contributed by atoms with Gasteiger partial charge in [0.15, 0.2) is 5.96 Å². The Hall–Kier alpha value is -0.0400. The molecule has 2 N–H and O–H groups in total. The summed E-state index contributed by atoms with van der Waals surface area (Å²) in [6.45, 7) is 6.38. The van der Waals surface area contributed by atoms with Crippen LogP contribution in [0, 0.1) is 5.92 Å². The highest BCUT2D eigenvalue weighted by Crippen LogP contribution is 2.28. The van der Waals surface area contributed by atoms with Gasteiger partial charge in [0, 0.05) is 25.7 Å². The number of guanidine groups is 1. The minimum Gasteiger partial charge on any atom is -0.356 e. The molecule has 0 radical (unpaired) electrons. The van der Waals surface area contributed by atoms with E-state index in [0.717, 1.165) is 25.0 Å². The van der Waals surface area contributed by atoms with Crippen LogP contribution in [0.5, 0.6) is 0 Å². The molecule has 0 spiro atoms. The molecular weight excluding hydrogens is 375 g/mol. The number of halogens is 1. The molecule has 126 valence electrons. The molecule has 1 aliphatic carbocycles. The van der Waals surface area contributed by atoms with Crippen LogP contribution in [0.4, 0.5) is 0 Å². The molecule has 1 rings (SSSR count). The molecular formula is C16H35IN4. The van der Waals surface area contributed by atoms with Gasteiger partial charge in [0.25, 0.3) is 0 Å². The van der Waals surface area contributed by atoms with Crippen molar-refractivity contribution in [3.8, 4) is 0 Å². The highest BCUT2D eigenvalue weighted by atomic mass is 127. The van der Waals surface area contributed by atoms with Crippen molar-refractivity contribution in [2.45, 2.75) is 57.9 Å². The van der Waals surface area contributed by atoms with Crippen molar-refractivity contribution in [1.82, 2.24) is 15.5 Å². The zero-order chi connectivity index (χ0) is 15.0. The molecule has 0 aromatic carbocycles. The molecule has 0 heterocycles. The summed E-state index contributed by atoms with van der Waals surface area (Å²) >= 11 is 0. The molecule has 0 bridgehead atoms. The van der Waals surface area contributed by atoms with Crippen LogP contribution in [0.15, 0.2) is 4.99 Å². The summed E-state index contributed by atoms with van der Waals surface area (Å²) in [5, 5.41) is 6.84. The molecule has 0 amide bonds. The second kappa shape index (κ2) is 10.6. The fraction of sp³-hybridized carbons (Fsp3) is 0.938. The van der Waals surface area contributed by atoms with Gasteiger partial charge in [0.05, 0.1) is 0 Å². The van der Waals surface area contributed by atoms with Gasteiger partial charge in [-0.15, -0.1) is 24.0 Å². The Kier molecular flexibility index (Phi) is 10.6. The first-order valence-corrected chi connectivity index (χ1v) is 8.07. The lowest BCUT2D eigenvalue weighted by atomic mass is 10.0. The third-order valence-corrected chi connectivity index (χ3v) is 4.68. The van der Waals surface area contributed by atoms with Crippen molar-refractivity contribution < 1.29 is 0 Å². The van der Waals surface area contributed by atoms with Crippen LogP contribution in [0.1, 0.15) is 52.4 Å². The molecule has 0 aromatic rings. The van der Waals surface area contributed by atoms with Gasteiger partial charge in [0.1, 0.15) is 0 Å². The van der Waals surface area contributed by atoms with Crippen LogP contribution in [0.25, 0.3) is 0 Å². The van der Waals surface area contributed by atoms with Gasteiger partial charge in [-0.1, -0.05) is 25.7 Å². The Labute approximate surface area is 148 Å². The highest BCUT2D eigenvalue weighted by molar-refractivity contribution is 14.0. The van der Waals surface area contributed by atoms with Crippen LogP contribution in [0.3, 0.4) is 0 Å². The first-order chi connectivity index (χ1) is 9.45. The maximum absolute atomic E-state index is 4.30. The first-order valence-electron chi connectivity index (χ1n) is 8.07. The predicted molar refractivity (Wildman–Crippen MR) is 104 cm³/mol. The lowest BCUT2D eigenvalue weighted by Gasteiger charge is -2.33. The van der Waals surface area contributed by atoms with E-state index < -0.39 is 0 Å². The van der Waals surface area contributed by atoms with Crippen molar-refractivity contribution in [2.24, 2.45) is 10.9 Å². The van der Waals surface area contributed by atoms with E-state index in [1.165, 1.54) is 38.5 Å². The number of aliphatic imine (C=N–C) groups is 1. The van der Waals surface area contributed by atoms with Crippen LogP contribution >= 0.6 is 24.0 Å². The minimum absolute atomic E-state index is 0. The largest absolute Gasteiger partial charge is 0.356 e. The second-order valence-corrected chi connectivity index (χ2v) is 6.85. The highest BCUT2D eigenvalue weighted by Gasteiger charge is 2.20. The van der Waals surface area contributed by atoms with Crippen LogP contribution in [-0.2, 0) is 0 Å². The lowest BCUT2D eigenvalue weighted by molar-refractivity contribution is 0.197. The van der Waals surface area contributed by atoms with E-state index in [2.05, 4.69) is 48.5 Å². The Morgan fingerprint density at radius 3 is 2.33 bits per heavy atom. The molecule has 4 nitrogen and oxygen atoms in total. The molecule has 0 saturated heterocycles. The number of hydrogen-bond acceptors (Lipinski definition) is 2. The standard InChI is InChI=1S/C16H34N4.HI/c1-16(2,20(4)5)13-19-15(17-3)18-12-8-11-14-9-6-7-10-14;/h14H,6-13H2,1-5H3,(H2,17,18,19);1H. The van der Waals surface area contributed by atoms with Gasteiger partial charge in [0.2, 0.25) is 0 Å². The molecule has 1 fully saturated rings. The van der Waals surface area contributed by atoms with E-state index in [1.807, 2.05) is 7.05 Å². The smallest absolute Gasteiger partial charge is 0.191 e. The third-order valence-electron chi connectivity index (χ3n) is 4.68. The summed E-state index contributed by atoms with van der Waals surface area (Å²) in [6, 6.07) is 0. The maximum Gasteiger partial charge on any atom is 0.191 e. The lowest BCUT2D eigenvalue weighted by Crippen LogP contribution is -2.50. The summed E-state index contributed by atoms with van der Waals surface area (Å²) in [6.07, 6.45) is 8.41. The molecule has 0 atom stereocenters. The summed E-state index contributed by atoms with van der Waals surface area (Å²) in [5.41, 5.74) is 0.126. The van der Waals surface area contributed by atoms with Gasteiger partial charge in [-0.2, -0.15) is 0 Å². The molecule has 21 heavy (non-hydrogen) atoms. The summed E-state index contributed by atoms with van der Waals surface area (Å²) < 4.78 is 0. The van der Waals surface area contributed by atoms with Crippen molar-refractivity contribution in [2.75, 3.05) is 34.2 Å².